The summed E-state index contributed by atoms with van der Waals surface area (Å²) in [5.41, 5.74) is 0. The molecule has 106 valence electrons. The summed E-state index contributed by atoms with van der Waals surface area (Å²) in [6.45, 7) is 7.50. The Morgan fingerprint density at radius 3 is 2.78 bits per heavy atom. The zero-order chi connectivity index (χ0) is 13.2. The highest BCUT2D eigenvalue weighted by molar-refractivity contribution is 5.77. The summed E-state index contributed by atoms with van der Waals surface area (Å²) < 4.78 is 10.9. The van der Waals surface area contributed by atoms with Gasteiger partial charge in [-0.15, -0.1) is 0 Å². The smallest absolute Gasteiger partial charge is 0.246 e. The molecule has 18 heavy (non-hydrogen) atoms. The molecule has 0 bridgehead atoms. The van der Waals surface area contributed by atoms with Crippen LogP contribution in [0, 0.1) is 0 Å². The highest BCUT2D eigenvalue weighted by Gasteiger charge is 2.14. The molecule has 0 aromatic carbocycles. The van der Waals surface area contributed by atoms with Gasteiger partial charge >= 0.3 is 0 Å². The molecule has 1 amide bonds. The Morgan fingerprint density at radius 2 is 2.11 bits per heavy atom. The summed E-state index contributed by atoms with van der Waals surface area (Å²) in [7, 11) is 0. The first kappa shape index (κ1) is 15.4. The number of amides is 1. The Hall–Kier alpha value is -0.650. The fraction of sp³-hybridized carbons (Fsp3) is 0.923. The number of hydrogen-bond donors (Lipinski definition) is 2. The number of carbonyl (C=O) groups excluding carboxylic acids is 1. The van der Waals surface area contributed by atoms with Crippen molar-refractivity contribution >= 4 is 5.91 Å². The Bertz CT molecular complexity index is 228. The number of hydrogen-bond acceptors (Lipinski definition) is 4. The van der Waals surface area contributed by atoms with Gasteiger partial charge in [-0.3, -0.25) is 4.79 Å². The summed E-state index contributed by atoms with van der Waals surface area (Å²) in [6.07, 6.45) is 3.33. The molecule has 2 N–H and O–H groups in total. The van der Waals surface area contributed by atoms with E-state index in [1.54, 1.807) is 0 Å². The quantitative estimate of drug-likeness (QED) is 0.629. The minimum Gasteiger partial charge on any atom is -0.379 e. The Kier molecular flexibility index (Phi) is 7.96. The first-order valence-corrected chi connectivity index (χ1v) is 6.89. The highest BCUT2D eigenvalue weighted by Crippen LogP contribution is 2.06. The van der Waals surface area contributed by atoms with Gasteiger partial charge in [0.25, 0.3) is 0 Å². The van der Waals surface area contributed by atoms with E-state index in [1.165, 1.54) is 0 Å². The van der Waals surface area contributed by atoms with Crippen molar-refractivity contribution in [3.63, 3.8) is 0 Å². The third-order valence-corrected chi connectivity index (χ3v) is 2.83. The van der Waals surface area contributed by atoms with Crippen LogP contribution in [-0.2, 0) is 14.3 Å². The van der Waals surface area contributed by atoms with Gasteiger partial charge in [-0.2, -0.15) is 0 Å². The molecule has 5 nitrogen and oxygen atoms in total. The van der Waals surface area contributed by atoms with E-state index in [0.717, 1.165) is 32.4 Å². The summed E-state index contributed by atoms with van der Waals surface area (Å²) in [6, 6.07) is 0. The lowest BCUT2D eigenvalue weighted by atomic mass is 10.1. The van der Waals surface area contributed by atoms with Crippen molar-refractivity contribution in [2.45, 2.75) is 45.3 Å². The van der Waals surface area contributed by atoms with E-state index >= 15 is 0 Å². The van der Waals surface area contributed by atoms with E-state index in [9.17, 15) is 4.79 Å². The van der Waals surface area contributed by atoms with E-state index in [0.29, 0.717) is 13.2 Å². The first-order valence-electron chi connectivity index (χ1n) is 6.89. The lowest BCUT2D eigenvalue weighted by Crippen LogP contribution is -2.36. The third kappa shape index (κ3) is 7.63. The number of nitrogens with one attached hydrogen (secondary N) is 2. The molecule has 1 rings (SSSR count). The van der Waals surface area contributed by atoms with Crippen molar-refractivity contribution < 1.29 is 14.3 Å². The van der Waals surface area contributed by atoms with Gasteiger partial charge in [-0.25, -0.2) is 0 Å². The predicted molar refractivity (Wildman–Crippen MR) is 70.6 cm³/mol. The number of ether oxygens (including phenoxy) is 2. The minimum atomic E-state index is -0.0296. The van der Waals surface area contributed by atoms with Crippen LogP contribution < -0.4 is 10.6 Å². The van der Waals surface area contributed by atoms with Gasteiger partial charge in [0.2, 0.25) is 5.91 Å². The molecule has 0 aromatic rings. The molecule has 1 fully saturated rings. The summed E-state index contributed by atoms with van der Waals surface area (Å²) >= 11 is 0. The van der Waals surface area contributed by atoms with E-state index in [2.05, 4.69) is 10.6 Å². The highest BCUT2D eigenvalue weighted by atomic mass is 16.5. The van der Waals surface area contributed by atoms with Crippen molar-refractivity contribution in [2.24, 2.45) is 0 Å². The predicted octanol–water partition coefficient (Wildman–Crippen LogP) is 0.686. The molecule has 5 heteroatoms. The van der Waals surface area contributed by atoms with E-state index in [1.807, 2.05) is 13.8 Å². The second-order valence-corrected chi connectivity index (χ2v) is 4.88. The van der Waals surface area contributed by atoms with Gasteiger partial charge in [0.1, 0.15) is 6.61 Å². The van der Waals surface area contributed by atoms with Gasteiger partial charge in [-0.1, -0.05) is 0 Å². The normalized spacial score (nSPS) is 17.1. The average molecular weight is 258 g/mol. The molecule has 0 atom stereocenters. The number of piperidine rings is 1. The van der Waals surface area contributed by atoms with Crippen LogP contribution in [0.25, 0.3) is 0 Å². The fourth-order valence-electron chi connectivity index (χ4n) is 1.83. The van der Waals surface area contributed by atoms with Crippen LogP contribution in [0.1, 0.15) is 33.1 Å². The standard InChI is InChI=1S/C13H26N2O3/c1-11(2)17-9-3-6-15-13(16)10-18-12-4-7-14-8-5-12/h11-12,14H,3-10H2,1-2H3,(H,15,16). The Labute approximate surface area is 110 Å². The number of carbonyl (C=O) groups is 1. The largest absolute Gasteiger partial charge is 0.379 e. The molecule has 0 unspecified atom stereocenters. The lowest BCUT2D eigenvalue weighted by Gasteiger charge is -2.22. The van der Waals surface area contributed by atoms with Crippen LogP contribution in [-0.4, -0.2) is 51.0 Å². The van der Waals surface area contributed by atoms with Gasteiger partial charge in [0.15, 0.2) is 0 Å². The molecule has 1 aliphatic heterocycles. The molecular weight excluding hydrogens is 232 g/mol. The maximum atomic E-state index is 11.5. The van der Waals surface area contributed by atoms with E-state index < -0.39 is 0 Å². The van der Waals surface area contributed by atoms with Gasteiger partial charge in [0, 0.05) is 13.2 Å². The average Bonchev–Trinajstić information content (AvgIpc) is 2.37. The summed E-state index contributed by atoms with van der Waals surface area (Å²) in [4.78, 5) is 11.5. The van der Waals surface area contributed by atoms with Crippen molar-refractivity contribution in [3.8, 4) is 0 Å². The van der Waals surface area contributed by atoms with Crippen molar-refractivity contribution in [1.29, 1.82) is 0 Å². The maximum absolute atomic E-state index is 11.5. The summed E-state index contributed by atoms with van der Waals surface area (Å²) in [5.74, 6) is -0.0296. The molecule has 0 saturated carbocycles. The van der Waals surface area contributed by atoms with Gasteiger partial charge < -0.3 is 20.1 Å². The van der Waals surface area contributed by atoms with Crippen LogP contribution in [0.3, 0.4) is 0 Å². The van der Waals surface area contributed by atoms with Crippen LogP contribution in [0.4, 0.5) is 0 Å². The van der Waals surface area contributed by atoms with Crippen LogP contribution in [0.15, 0.2) is 0 Å². The molecule has 0 aliphatic carbocycles. The fourth-order valence-corrected chi connectivity index (χ4v) is 1.83. The second-order valence-electron chi connectivity index (χ2n) is 4.88. The van der Waals surface area contributed by atoms with E-state index in [-0.39, 0.29) is 24.7 Å². The van der Waals surface area contributed by atoms with Gasteiger partial charge in [-0.05, 0) is 46.2 Å². The molecule has 0 radical (unpaired) electrons. The number of rotatable bonds is 8. The molecule has 1 saturated heterocycles. The molecule has 0 spiro atoms. The molecular formula is C13H26N2O3. The molecule has 1 aliphatic rings. The first-order chi connectivity index (χ1) is 8.68. The maximum Gasteiger partial charge on any atom is 0.246 e. The SMILES string of the molecule is CC(C)OCCCNC(=O)COC1CCNCC1. The van der Waals surface area contributed by atoms with Crippen LogP contribution in [0.2, 0.25) is 0 Å². The molecule has 1 heterocycles. The minimum absolute atomic E-state index is 0.0296. The second kappa shape index (κ2) is 9.30. The topological polar surface area (TPSA) is 59.6 Å². The van der Waals surface area contributed by atoms with Crippen molar-refractivity contribution in [1.82, 2.24) is 10.6 Å². The zero-order valence-electron chi connectivity index (χ0n) is 11.5. The summed E-state index contributed by atoms with van der Waals surface area (Å²) in [5, 5.41) is 6.10. The van der Waals surface area contributed by atoms with Crippen LogP contribution in [0.5, 0.6) is 0 Å². The van der Waals surface area contributed by atoms with Crippen molar-refractivity contribution in [2.75, 3.05) is 32.8 Å². The van der Waals surface area contributed by atoms with Crippen LogP contribution >= 0.6 is 0 Å². The molecule has 0 aromatic heterocycles. The zero-order valence-corrected chi connectivity index (χ0v) is 11.5. The van der Waals surface area contributed by atoms with Gasteiger partial charge in [0.05, 0.1) is 12.2 Å². The monoisotopic (exact) mass is 258 g/mol. The lowest BCUT2D eigenvalue weighted by molar-refractivity contribution is -0.128. The Morgan fingerprint density at radius 1 is 1.39 bits per heavy atom. The van der Waals surface area contributed by atoms with Crippen molar-refractivity contribution in [3.05, 3.63) is 0 Å². The Balaban J connectivity index is 1.93. The third-order valence-electron chi connectivity index (χ3n) is 2.83. The van der Waals surface area contributed by atoms with E-state index in [4.69, 9.17) is 9.47 Å².